The predicted molar refractivity (Wildman–Crippen MR) is 94.2 cm³/mol. The van der Waals surface area contributed by atoms with Gasteiger partial charge in [-0.25, -0.2) is 13.6 Å². The molecule has 0 aliphatic heterocycles. The van der Waals surface area contributed by atoms with Crippen LogP contribution in [0.3, 0.4) is 0 Å². The molecule has 136 valence electrons. The van der Waals surface area contributed by atoms with E-state index < -0.39 is 22.0 Å². The fraction of sp³-hybridized carbons (Fsp3) is 0.176. The lowest BCUT2D eigenvalue weighted by molar-refractivity contribution is -0.122. The van der Waals surface area contributed by atoms with Crippen molar-refractivity contribution in [1.82, 2.24) is 0 Å². The lowest BCUT2D eigenvalue weighted by Crippen LogP contribution is -2.30. The van der Waals surface area contributed by atoms with Crippen molar-refractivity contribution in [3.63, 3.8) is 0 Å². The molecule has 0 aliphatic rings. The zero-order chi connectivity index (χ0) is 19.3. The molecular formula is C17H17N3O5S. The van der Waals surface area contributed by atoms with Gasteiger partial charge in [0.1, 0.15) is 0 Å². The van der Waals surface area contributed by atoms with Gasteiger partial charge in [-0.2, -0.15) is 5.26 Å². The van der Waals surface area contributed by atoms with Crippen LogP contribution in [0.5, 0.6) is 11.5 Å². The third-order valence-corrected chi connectivity index (χ3v) is 4.35. The van der Waals surface area contributed by atoms with Gasteiger partial charge < -0.3 is 14.8 Å². The summed E-state index contributed by atoms with van der Waals surface area (Å²) in [7, 11) is -2.36. The maximum Gasteiger partial charge on any atom is 0.265 e. The van der Waals surface area contributed by atoms with Crippen molar-refractivity contribution in [2.24, 2.45) is 5.14 Å². The van der Waals surface area contributed by atoms with Crippen molar-refractivity contribution < 1.29 is 22.7 Å². The number of methoxy groups -OCH3 is 1. The number of nitrogens with zero attached hydrogens (tertiary/aromatic N) is 1. The molecule has 0 saturated heterocycles. The molecule has 2 aromatic rings. The van der Waals surface area contributed by atoms with Crippen molar-refractivity contribution in [3.8, 4) is 17.6 Å². The molecule has 3 N–H and O–H groups in total. The number of anilines is 1. The molecule has 8 nitrogen and oxygen atoms in total. The summed E-state index contributed by atoms with van der Waals surface area (Å²) in [6.07, 6.45) is -0.866. The minimum atomic E-state index is -3.79. The van der Waals surface area contributed by atoms with E-state index in [9.17, 15) is 13.2 Å². The quantitative estimate of drug-likeness (QED) is 0.788. The molecule has 0 heterocycles. The lowest BCUT2D eigenvalue weighted by atomic mass is 10.2. The minimum Gasteiger partial charge on any atom is -0.493 e. The highest BCUT2D eigenvalue weighted by Crippen LogP contribution is 2.29. The summed E-state index contributed by atoms with van der Waals surface area (Å²) >= 11 is 0. The van der Waals surface area contributed by atoms with E-state index in [1.54, 1.807) is 19.1 Å². The molecule has 2 rings (SSSR count). The van der Waals surface area contributed by atoms with Crippen LogP contribution < -0.4 is 19.9 Å². The first-order valence-electron chi connectivity index (χ1n) is 7.43. The highest BCUT2D eigenvalue weighted by atomic mass is 32.2. The van der Waals surface area contributed by atoms with E-state index in [0.717, 1.165) is 0 Å². The number of nitrogens with one attached hydrogen (secondary N) is 1. The van der Waals surface area contributed by atoms with Crippen molar-refractivity contribution >= 4 is 21.6 Å². The molecule has 2 aromatic carbocycles. The lowest BCUT2D eigenvalue weighted by Gasteiger charge is -2.17. The van der Waals surface area contributed by atoms with Gasteiger partial charge in [-0.05, 0) is 43.3 Å². The van der Waals surface area contributed by atoms with E-state index in [0.29, 0.717) is 22.7 Å². The van der Waals surface area contributed by atoms with E-state index in [1.807, 2.05) is 6.07 Å². The summed E-state index contributed by atoms with van der Waals surface area (Å²) < 4.78 is 33.2. The second-order valence-electron chi connectivity index (χ2n) is 5.30. The fourth-order valence-corrected chi connectivity index (χ4v) is 2.57. The monoisotopic (exact) mass is 375 g/mol. The highest BCUT2D eigenvalue weighted by molar-refractivity contribution is 7.89. The zero-order valence-electron chi connectivity index (χ0n) is 14.1. The van der Waals surface area contributed by atoms with Gasteiger partial charge in [0.25, 0.3) is 5.91 Å². The molecule has 0 spiro atoms. The number of hydrogen-bond acceptors (Lipinski definition) is 6. The van der Waals surface area contributed by atoms with Crippen LogP contribution in [0, 0.1) is 11.3 Å². The fourth-order valence-electron chi connectivity index (χ4n) is 2.05. The second-order valence-corrected chi connectivity index (χ2v) is 6.86. The topological polar surface area (TPSA) is 132 Å². The Morgan fingerprint density at radius 1 is 1.19 bits per heavy atom. The Balaban J connectivity index is 2.07. The molecule has 1 amide bonds. The Hall–Kier alpha value is -3.09. The van der Waals surface area contributed by atoms with Gasteiger partial charge in [0.05, 0.1) is 23.6 Å². The summed E-state index contributed by atoms with van der Waals surface area (Å²) in [5.74, 6) is 0.208. The normalized spacial score (nSPS) is 11.9. The van der Waals surface area contributed by atoms with Crippen LogP contribution in [0.2, 0.25) is 0 Å². The number of benzene rings is 2. The Kier molecular flexibility index (Phi) is 5.82. The first-order chi connectivity index (χ1) is 12.2. The van der Waals surface area contributed by atoms with Crippen molar-refractivity contribution in [2.75, 3.05) is 12.4 Å². The Labute approximate surface area is 151 Å². The Morgan fingerprint density at radius 2 is 1.85 bits per heavy atom. The molecule has 0 aromatic heterocycles. The predicted octanol–water partition coefficient (Wildman–Crippen LogP) is 1.62. The molecule has 0 aliphatic carbocycles. The molecule has 26 heavy (non-hydrogen) atoms. The van der Waals surface area contributed by atoms with E-state index in [-0.39, 0.29) is 4.90 Å². The van der Waals surface area contributed by atoms with Crippen LogP contribution in [0.1, 0.15) is 12.5 Å². The molecule has 0 bridgehead atoms. The first-order valence-corrected chi connectivity index (χ1v) is 8.97. The van der Waals surface area contributed by atoms with Crippen LogP contribution in [-0.2, 0) is 14.8 Å². The number of carbonyl (C=O) groups excluding carboxylic acids is 1. The third kappa shape index (κ3) is 4.72. The van der Waals surface area contributed by atoms with E-state index in [2.05, 4.69) is 5.32 Å². The average molecular weight is 375 g/mol. The number of hydrogen-bond donors (Lipinski definition) is 2. The number of primary sulfonamides is 1. The standard InChI is InChI=1S/C17H17N3O5S/c1-11(25-15-8-3-12(10-18)9-16(15)24-2)17(21)20-13-4-6-14(7-5-13)26(19,22)23/h3-9,11H,1-2H3,(H,20,21)(H2,19,22,23)/t11-/m0/s1. The van der Waals surface area contributed by atoms with Gasteiger partial charge in [-0.15, -0.1) is 0 Å². The van der Waals surface area contributed by atoms with E-state index >= 15 is 0 Å². The third-order valence-electron chi connectivity index (χ3n) is 3.42. The van der Waals surface area contributed by atoms with Gasteiger partial charge in [0.2, 0.25) is 10.0 Å². The molecular weight excluding hydrogens is 358 g/mol. The number of rotatable bonds is 6. The minimum absolute atomic E-state index is 0.0536. The summed E-state index contributed by atoms with van der Waals surface area (Å²) in [6, 6.07) is 12.0. The van der Waals surface area contributed by atoms with Crippen molar-refractivity contribution in [3.05, 3.63) is 48.0 Å². The van der Waals surface area contributed by atoms with Crippen molar-refractivity contribution in [1.29, 1.82) is 5.26 Å². The highest BCUT2D eigenvalue weighted by Gasteiger charge is 2.18. The molecule has 9 heteroatoms. The van der Waals surface area contributed by atoms with Gasteiger partial charge in [-0.3, -0.25) is 4.79 Å². The Bertz CT molecular complexity index is 949. The molecule has 0 radical (unpaired) electrons. The molecule has 0 fully saturated rings. The average Bonchev–Trinajstić information content (AvgIpc) is 2.61. The van der Waals surface area contributed by atoms with E-state index in [1.165, 1.54) is 37.4 Å². The van der Waals surface area contributed by atoms with Gasteiger partial charge in [-0.1, -0.05) is 0 Å². The van der Waals surface area contributed by atoms with Gasteiger partial charge >= 0.3 is 0 Å². The number of nitrogens with two attached hydrogens (primary N) is 1. The first kappa shape index (κ1) is 19.2. The molecule has 1 atom stereocenters. The van der Waals surface area contributed by atoms with Crippen molar-refractivity contribution in [2.45, 2.75) is 17.9 Å². The molecule has 0 saturated carbocycles. The largest absolute Gasteiger partial charge is 0.493 e. The maximum absolute atomic E-state index is 12.2. The summed E-state index contributed by atoms with van der Waals surface area (Å²) in [5.41, 5.74) is 0.797. The summed E-state index contributed by atoms with van der Waals surface area (Å²) in [4.78, 5) is 12.2. The van der Waals surface area contributed by atoms with E-state index in [4.69, 9.17) is 19.9 Å². The number of nitriles is 1. The SMILES string of the molecule is COc1cc(C#N)ccc1O[C@@H](C)C(=O)Nc1ccc(S(N)(=O)=O)cc1. The zero-order valence-corrected chi connectivity index (χ0v) is 14.9. The maximum atomic E-state index is 12.2. The second kappa shape index (κ2) is 7.86. The van der Waals surface area contributed by atoms with Crippen LogP contribution in [0.4, 0.5) is 5.69 Å². The van der Waals surface area contributed by atoms with Gasteiger partial charge in [0.15, 0.2) is 17.6 Å². The number of sulfonamides is 1. The summed E-state index contributed by atoms with van der Waals surface area (Å²) in [6.45, 7) is 1.55. The van der Waals surface area contributed by atoms with Crippen LogP contribution in [0.15, 0.2) is 47.4 Å². The molecule has 0 unspecified atom stereocenters. The van der Waals surface area contributed by atoms with Gasteiger partial charge in [0, 0.05) is 11.8 Å². The van der Waals surface area contributed by atoms with Crippen LogP contribution in [0.25, 0.3) is 0 Å². The number of carbonyl (C=O) groups is 1. The number of amides is 1. The van der Waals surface area contributed by atoms with Crippen LogP contribution in [-0.4, -0.2) is 27.5 Å². The number of ether oxygens (including phenoxy) is 2. The summed E-state index contributed by atoms with van der Waals surface area (Å²) in [5, 5.41) is 16.5. The Morgan fingerprint density at radius 3 is 2.38 bits per heavy atom. The van der Waals surface area contributed by atoms with Crippen LogP contribution >= 0.6 is 0 Å². The smallest absolute Gasteiger partial charge is 0.265 e.